The van der Waals surface area contributed by atoms with Crippen molar-refractivity contribution >= 4 is 29.4 Å². The Morgan fingerprint density at radius 2 is 1.61 bits per heavy atom. The van der Waals surface area contributed by atoms with Crippen molar-refractivity contribution in [3.8, 4) is 0 Å². The summed E-state index contributed by atoms with van der Waals surface area (Å²) in [4.78, 5) is 51.0. The zero-order valence-electron chi connectivity index (χ0n) is 15.9. The summed E-state index contributed by atoms with van der Waals surface area (Å²) >= 11 is 0. The van der Waals surface area contributed by atoms with E-state index in [1.165, 1.54) is 0 Å². The summed E-state index contributed by atoms with van der Waals surface area (Å²) in [6.45, 7) is 1.43. The van der Waals surface area contributed by atoms with E-state index < -0.39 is 5.97 Å². The first kappa shape index (κ1) is 19.9. The minimum Gasteiger partial charge on any atom is -0.481 e. The smallest absolute Gasteiger partial charge is 0.306 e. The fourth-order valence-corrected chi connectivity index (χ4v) is 3.62. The van der Waals surface area contributed by atoms with Crippen LogP contribution < -0.4 is 5.32 Å². The van der Waals surface area contributed by atoms with Gasteiger partial charge >= 0.3 is 5.97 Å². The van der Waals surface area contributed by atoms with Gasteiger partial charge in [-0.05, 0) is 43.5 Å². The molecule has 0 aliphatic carbocycles. The van der Waals surface area contributed by atoms with Crippen molar-refractivity contribution in [2.24, 2.45) is 11.8 Å². The molecule has 2 aliphatic heterocycles. The van der Waals surface area contributed by atoms with Gasteiger partial charge in [-0.3, -0.25) is 19.2 Å². The summed E-state index contributed by atoms with van der Waals surface area (Å²) in [6.07, 6.45) is 1.77. The Kier molecular flexibility index (Phi) is 5.96. The molecule has 2 fully saturated rings. The number of amides is 3. The van der Waals surface area contributed by atoms with Crippen LogP contribution in [0.25, 0.3) is 0 Å². The average molecular weight is 387 g/mol. The minimum atomic E-state index is -0.807. The molecule has 0 bridgehead atoms. The maximum absolute atomic E-state index is 12.6. The molecule has 2 heterocycles. The highest BCUT2D eigenvalue weighted by Gasteiger charge is 2.29. The number of nitrogens with zero attached hydrogens (tertiary/aromatic N) is 2. The fraction of sp³-hybridized carbons (Fsp3) is 0.500. The van der Waals surface area contributed by atoms with E-state index in [0.717, 1.165) is 0 Å². The highest BCUT2D eigenvalue weighted by Crippen LogP contribution is 2.22. The van der Waals surface area contributed by atoms with E-state index in [1.54, 1.807) is 41.1 Å². The molecule has 1 aromatic carbocycles. The highest BCUT2D eigenvalue weighted by molar-refractivity contribution is 5.97. The molecule has 2 aliphatic rings. The number of piperidine rings is 2. The van der Waals surface area contributed by atoms with Gasteiger partial charge < -0.3 is 20.2 Å². The van der Waals surface area contributed by atoms with Crippen LogP contribution in [0.1, 0.15) is 36.0 Å². The van der Waals surface area contributed by atoms with Crippen molar-refractivity contribution < 1.29 is 24.3 Å². The van der Waals surface area contributed by atoms with Crippen LogP contribution in [-0.4, -0.2) is 65.3 Å². The highest BCUT2D eigenvalue weighted by atomic mass is 16.4. The molecule has 1 aromatic rings. The van der Waals surface area contributed by atoms with Crippen LogP contribution in [0.3, 0.4) is 0 Å². The SMILES string of the molecule is CN1CCC(C(=O)Nc2ccc(C(=O)N3CCC(C(=O)O)CC3)cc2)CC1=O. The van der Waals surface area contributed by atoms with Gasteiger partial charge in [-0.15, -0.1) is 0 Å². The lowest BCUT2D eigenvalue weighted by molar-refractivity contribution is -0.143. The van der Waals surface area contributed by atoms with Crippen LogP contribution in [0, 0.1) is 11.8 Å². The first-order valence-electron chi connectivity index (χ1n) is 9.52. The monoisotopic (exact) mass is 387 g/mol. The molecule has 0 spiro atoms. The Morgan fingerprint density at radius 3 is 2.18 bits per heavy atom. The lowest BCUT2D eigenvalue weighted by Crippen LogP contribution is -2.40. The number of carbonyl (C=O) groups excluding carboxylic acids is 3. The molecule has 1 atom stereocenters. The first-order chi connectivity index (χ1) is 13.3. The Morgan fingerprint density at radius 1 is 1.00 bits per heavy atom. The van der Waals surface area contributed by atoms with E-state index in [4.69, 9.17) is 5.11 Å². The third kappa shape index (κ3) is 4.49. The van der Waals surface area contributed by atoms with Gasteiger partial charge in [-0.2, -0.15) is 0 Å². The zero-order valence-corrected chi connectivity index (χ0v) is 15.9. The van der Waals surface area contributed by atoms with Crippen LogP contribution in [0.4, 0.5) is 5.69 Å². The second-order valence-electron chi connectivity index (χ2n) is 7.48. The van der Waals surface area contributed by atoms with Gasteiger partial charge in [-0.25, -0.2) is 0 Å². The number of hydrogen-bond donors (Lipinski definition) is 2. The van der Waals surface area contributed by atoms with Gasteiger partial charge in [0.2, 0.25) is 11.8 Å². The predicted molar refractivity (Wildman–Crippen MR) is 102 cm³/mol. The molecule has 0 radical (unpaired) electrons. The molecule has 8 nitrogen and oxygen atoms in total. The Balaban J connectivity index is 1.55. The normalized spacial score (nSPS) is 20.8. The quantitative estimate of drug-likeness (QED) is 0.813. The number of nitrogens with one attached hydrogen (secondary N) is 1. The zero-order chi connectivity index (χ0) is 20.3. The van der Waals surface area contributed by atoms with Gasteiger partial charge in [0.1, 0.15) is 0 Å². The Bertz CT molecular complexity index is 769. The second kappa shape index (κ2) is 8.41. The molecule has 3 amide bonds. The summed E-state index contributed by atoms with van der Waals surface area (Å²) in [7, 11) is 1.73. The number of aliphatic carboxylic acids is 1. The molecule has 0 aromatic heterocycles. The topological polar surface area (TPSA) is 107 Å². The number of carboxylic acids is 1. The van der Waals surface area contributed by atoms with Crippen molar-refractivity contribution in [3.05, 3.63) is 29.8 Å². The molecular formula is C20H25N3O5. The molecule has 8 heteroatoms. The standard InChI is InChI=1S/C20H25N3O5/c1-22-9-6-15(12-17(22)24)18(25)21-16-4-2-13(3-5-16)19(26)23-10-7-14(8-11-23)20(27)28/h2-5,14-15H,6-12H2,1H3,(H,21,25)(H,27,28). The summed E-state index contributed by atoms with van der Waals surface area (Å²) in [5.74, 6) is -1.87. The molecule has 2 N–H and O–H groups in total. The Labute approximate surface area is 163 Å². The molecule has 150 valence electrons. The molecule has 3 rings (SSSR count). The summed E-state index contributed by atoms with van der Waals surface area (Å²) in [5.41, 5.74) is 1.08. The molecule has 28 heavy (non-hydrogen) atoms. The predicted octanol–water partition coefficient (Wildman–Crippen LogP) is 1.43. The fourth-order valence-electron chi connectivity index (χ4n) is 3.62. The number of rotatable bonds is 4. The number of carbonyl (C=O) groups is 4. The van der Waals surface area contributed by atoms with E-state index in [9.17, 15) is 19.2 Å². The van der Waals surface area contributed by atoms with Crippen LogP contribution in [0.15, 0.2) is 24.3 Å². The second-order valence-corrected chi connectivity index (χ2v) is 7.48. The van der Waals surface area contributed by atoms with Gasteiger partial charge in [-0.1, -0.05) is 0 Å². The average Bonchev–Trinajstić information content (AvgIpc) is 2.70. The number of likely N-dealkylation sites (tertiary alicyclic amines) is 2. The van der Waals surface area contributed by atoms with Gasteiger partial charge in [0, 0.05) is 50.3 Å². The van der Waals surface area contributed by atoms with Crippen molar-refractivity contribution in [3.63, 3.8) is 0 Å². The van der Waals surface area contributed by atoms with Crippen LogP contribution >= 0.6 is 0 Å². The van der Waals surface area contributed by atoms with Crippen molar-refractivity contribution in [1.82, 2.24) is 9.80 Å². The number of anilines is 1. The summed E-state index contributed by atoms with van der Waals surface area (Å²) in [6, 6.07) is 6.65. The van der Waals surface area contributed by atoms with Crippen molar-refractivity contribution in [2.75, 3.05) is 32.0 Å². The molecule has 1 unspecified atom stereocenters. The Hall–Kier alpha value is -2.90. The van der Waals surface area contributed by atoms with E-state index in [1.807, 2.05) is 0 Å². The van der Waals surface area contributed by atoms with Gasteiger partial charge in [0.05, 0.1) is 5.92 Å². The van der Waals surface area contributed by atoms with Crippen molar-refractivity contribution in [2.45, 2.75) is 25.7 Å². The van der Waals surface area contributed by atoms with Crippen LogP contribution in [0.5, 0.6) is 0 Å². The summed E-state index contributed by atoms with van der Waals surface area (Å²) in [5, 5.41) is 11.9. The third-order valence-electron chi connectivity index (χ3n) is 5.56. The van der Waals surface area contributed by atoms with Crippen LogP contribution in [0.2, 0.25) is 0 Å². The van der Waals surface area contributed by atoms with E-state index in [0.29, 0.717) is 50.1 Å². The first-order valence-corrected chi connectivity index (χ1v) is 9.52. The minimum absolute atomic E-state index is 0.0287. The largest absolute Gasteiger partial charge is 0.481 e. The molecule has 2 saturated heterocycles. The number of carboxylic acid groups (broad SMARTS) is 1. The number of benzene rings is 1. The maximum atomic E-state index is 12.6. The maximum Gasteiger partial charge on any atom is 0.306 e. The van der Waals surface area contributed by atoms with E-state index in [2.05, 4.69) is 5.32 Å². The molecular weight excluding hydrogens is 362 g/mol. The summed E-state index contributed by atoms with van der Waals surface area (Å²) < 4.78 is 0. The third-order valence-corrected chi connectivity index (χ3v) is 5.56. The van der Waals surface area contributed by atoms with Crippen molar-refractivity contribution in [1.29, 1.82) is 0 Å². The van der Waals surface area contributed by atoms with E-state index in [-0.39, 0.29) is 36.0 Å². The van der Waals surface area contributed by atoms with Crippen LogP contribution in [-0.2, 0) is 14.4 Å². The lowest BCUT2D eigenvalue weighted by atomic mass is 9.95. The van der Waals surface area contributed by atoms with Gasteiger partial charge in [0.25, 0.3) is 5.91 Å². The van der Waals surface area contributed by atoms with E-state index >= 15 is 0 Å². The van der Waals surface area contributed by atoms with Gasteiger partial charge in [0.15, 0.2) is 0 Å². The molecule has 0 saturated carbocycles. The lowest BCUT2D eigenvalue weighted by Gasteiger charge is -2.30. The number of hydrogen-bond acceptors (Lipinski definition) is 4.